The molecular weight excluding hydrogens is 260 g/mol. The van der Waals surface area contributed by atoms with Crippen LogP contribution in [-0.4, -0.2) is 26.1 Å². The number of furan rings is 1. The standard InChI is InChI=1S/C13H16N4OS/c1-13(2,3)10-9(19-4)12-15-14-11(17(12)16-10)8-6-5-7-18-8/h5-7,15H,1-4H3. The molecule has 1 N–H and O–H groups in total. The summed E-state index contributed by atoms with van der Waals surface area (Å²) in [5.74, 6) is 1.41. The molecule has 0 amide bonds. The molecule has 0 aliphatic carbocycles. The summed E-state index contributed by atoms with van der Waals surface area (Å²) < 4.78 is 7.23. The smallest absolute Gasteiger partial charge is 0.218 e. The van der Waals surface area contributed by atoms with Crippen molar-refractivity contribution in [2.75, 3.05) is 6.26 Å². The number of aromatic nitrogens is 4. The first-order valence-corrected chi connectivity index (χ1v) is 7.30. The van der Waals surface area contributed by atoms with Crippen molar-refractivity contribution in [3.63, 3.8) is 0 Å². The molecule has 0 spiro atoms. The average molecular weight is 276 g/mol. The van der Waals surface area contributed by atoms with Crippen LogP contribution in [-0.2, 0) is 5.41 Å². The lowest BCUT2D eigenvalue weighted by Crippen LogP contribution is -2.13. The van der Waals surface area contributed by atoms with E-state index in [1.807, 2.05) is 16.6 Å². The first-order valence-electron chi connectivity index (χ1n) is 6.08. The lowest BCUT2D eigenvalue weighted by Gasteiger charge is -2.16. The molecule has 3 rings (SSSR count). The summed E-state index contributed by atoms with van der Waals surface area (Å²) in [4.78, 5) is 1.14. The van der Waals surface area contributed by atoms with Gasteiger partial charge in [-0.15, -0.1) is 16.9 Å². The third kappa shape index (κ3) is 1.87. The number of hydrogen-bond acceptors (Lipinski definition) is 4. The lowest BCUT2D eigenvalue weighted by molar-refractivity contribution is 0.548. The fraction of sp³-hybridized carbons (Fsp3) is 0.385. The van der Waals surface area contributed by atoms with Crippen LogP contribution in [0.2, 0.25) is 0 Å². The van der Waals surface area contributed by atoms with E-state index < -0.39 is 0 Å². The van der Waals surface area contributed by atoms with Gasteiger partial charge in [0.1, 0.15) is 0 Å². The molecule has 19 heavy (non-hydrogen) atoms. The van der Waals surface area contributed by atoms with Crippen molar-refractivity contribution in [3.05, 3.63) is 24.1 Å². The molecule has 3 heterocycles. The van der Waals surface area contributed by atoms with Crippen LogP contribution in [0.15, 0.2) is 27.7 Å². The Morgan fingerprint density at radius 1 is 1.37 bits per heavy atom. The predicted molar refractivity (Wildman–Crippen MR) is 75.5 cm³/mol. The Morgan fingerprint density at radius 3 is 2.74 bits per heavy atom. The van der Waals surface area contributed by atoms with Crippen molar-refractivity contribution < 1.29 is 4.42 Å². The van der Waals surface area contributed by atoms with E-state index in [0.717, 1.165) is 16.2 Å². The maximum atomic E-state index is 5.40. The van der Waals surface area contributed by atoms with Crippen LogP contribution in [0, 0.1) is 0 Å². The number of aromatic amines is 1. The maximum Gasteiger partial charge on any atom is 0.218 e. The van der Waals surface area contributed by atoms with Crippen LogP contribution < -0.4 is 0 Å². The number of H-pyrrole nitrogens is 1. The third-order valence-electron chi connectivity index (χ3n) is 2.97. The molecule has 5 nitrogen and oxygen atoms in total. The molecule has 0 aliphatic heterocycles. The SMILES string of the molecule is CSc1c(C(C)(C)C)nn2c(-c3ccco3)n[nH]c12. The third-order valence-corrected chi connectivity index (χ3v) is 3.76. The van der Waals surface area contributed by atoms with Crippen LogP contribution in [0.1, 0.15) is 26.5 Å². The van der Waals surface area contributed by atoms with E-state index in [4.69, 9.17) is 9.52 Å². The molecule has 0 saturated heterocycles. The predicted octanol–water partition coefficient (Wildman–Crippen LogP) is 3.34. The monoisotopic (exact) mass is 276 g/mol. The zero-order valence-corrected chi connectivity index (χ0v) is 12.2. The molecule has 0 atom stereocenters. The molecule has 3 aromatic heterocycles. The molecule has 0 unspecified atom stereocenters. The normalized spacial score (nSPS) is 12.4. The van der Waals surface area contributed by atoms with Gasteiger partial charge in [0.25, 0.3) is 0 Å². The Bertz CT molecular complexity index is 703. The van der Waals surface area contributed by atoms with Crippen molar-refractivity contribution in [2.24, 2.45) is 0 Å². The molecular formula is C13H16N4OS. The van der Waals surface area contributed by atoms with E-state index in [9.17, 15) is 0 Å². The zero-order chi connectivity index (χ0) is 13.6. The molecule has 6 heteroatoms. The van der Waals surface area contributed by atoms with Gasteiger partial charge in [0, 0.05) is 5.41 Å². The Kier molecular flexibility index (Phi) is 2.70. The van der Waals surface area contributed by atoms with Gasteiger partial charge in [-0.25, -0.2) is 0 Å². The average Bonchev–Trinajstić information content (AvgIpc) is 3.02. The fourth-order valence-corrected chi connectivity index (χ4v) is 2.92. The summed E-state index contributed by atoms with van der Waals surface area (Å²) in [5.41, 5.74) is 1.98. The minimum atomic E-state index is -0.00830. The van der Waals surface area contributed by atoms with E-state index in [-0.39, 0.29) is 5.41 Å². The second kappa shape index (κ2) is 4.16. The highest BCUT2D eigenvalue weighted by Gasteiger charge is 2.26. The molecule has 0 fully saturated rings. The summed E-state index contributed by atoms with van der Waals surface area (Å²) in [5, 5.41) is 12.1. The zero-order valence-electron chi connectivity index (χ0n) is 11.4. The van der Waals surface area contributed by atoms with Crippen LogP contribution in [0.4, 0.5) is 0 Å². The second-order valence-corrected chi connectivity index (χ2v) is 6.23. The second-order valence-electron chi connectivity index (χ2n) is 5.42. The van der Waals surface area contributed by atoms with Crippen molar-refractivity contribution in [1.29, 1.82) is 0 Å². The molecule has 0 aliphatic rings. The van der Waals surface area contributed by atoms with Gasteiger partial charge in [0.05, 0.1) is 16.9 Å². The summed E-state index contributed by atoms with van der Waals surface area (Å²) >= 11 is 1.68. The summed E-state index contributed by atoms with van der Waals surface area (Å²) in [6.07, 6.45) is 3.69. The lowest BCUT2D eigenvalue weighted by atomic mass is 9.92. The van der Waals surface area contributed by atoms with E-state index in [2.05, 4.69) is 37.2 Å². The van der Waals surface area contributed by atoms with Gasteiger partial charge in [-0.1, -0.05) is 20.8 Å². The van der Waals surface area contributed by atoms with Gasteiger partial charge >= 0.3 is 0 Å². The summed E-state index contributed by atoms with van der Waals surface area (Å²) in [7, 11) is 0. The first kappa shape index (κ1) is 12.3. The van der Waals surface area contributed by atoms with Crippen LogP contribution in [0.25, 0.3) is 17.2 Å². The topological polar surface area (TPSA) is 59.1 Å². The van der Waals surface area contributed by atoms with Crippen LogP contribution in [0.3, 0.4) is 0 Å². The Morgan fingerprint density at radius 2 is 2.16 bits per heavy atom. The van der Waals surface area contributed by atoms with Gasteiger partial charge in [0.2, 0.25) is 5.82 Å². The maximum absolute atomic E-state index is 5.40. The first-order chi connectivity index (χ1) is 9.02. The van der Waals surface area contributed by atoms with E-state index >= 15 is 0 Å². The van der Waals surface area contributed by atoms with Crippen LogP contribution in [0.5, 0.6) is 0 Å². The molecule has 3 aromatic rings. The van der Waals surface area contributed by atoms with Crippen molar-refractivity contribution >= 4 is 17.4 Å². The summed E-state index contributed by atoms with van der Waals surface area (Å²) in [6, 6.07) is 3.73. The van der Waals surface area contributed by atoms with E-state index in [1.165, 1.54) is 0 Å². The Hall–Kier alpha value is -1.69. The number of hydrogen-bond donors (Lipinski definition) is 1. The highest BCUT2D eigenvalue weighted by Crippen LogP contribution is 2.34. The summed E-state index contributed by atoms with van der Waals surface area (Å²) in [6.45, 7) is 6.48. The highest BCUT2D eigenvalue weighted by atomic mass is 32.2. The van der Waals surface area contributed by atoms with Gasteiger partial charge in [-0.05, 0) is 18.4 Å². The van der Waals surface area contributed by atoms with E-state index in [1.54, 1.807) is 18.0 Å². The van der Waals surface area contributed by atoms with Gasteiger partial charge in [0.15, 0.2) is 11.4 Å². The number of nitrogens with one attached hydrogen (secondary N) is 1. The van der Waals surface area contributed by atoms with Gasteiger partial charge < -0.3 is 4.42 Å². The quantitative estimate of drug-likeness (QED) is 0.729. The number of rotatable bonds is 2. The van der Waals surface area contributed by atoms with Crippen molar-refractivity contribution in [1.82, 2.24) is 19.8 Å². The number of fused-ring (bicyclic) bond motifs is 1. The molecule has 0 radical (unpaired) electrons. The van der Waals surface area contributed by atoms with E-state index in [0.29, 0.717) is 11.6 Å². The van der Waals surface area contributed by atoms with Gasteiger partial charge in [-0.3, -0.25) is 5.10 Å². The minimum Gasteiger partial charge on any atom is -0.461 e. The molecule has 100 valence electrons. The van der Waals surface area contributed by atoms with Crippen molar-refractivity contribution in [3.8, 4) is 11.6 Å². The number of thioether (sulfide) groups is 1. The molecule has 0 aromatic carbocycles. The van der Waals surface area contributed by atoms with Gasteiger partial charge in [-0.2, -0.15) is 9.61 Å². The largest absolute Gasteiger partial charge is 0.461 e. The minimum absolute atomic E-state index is 0.00830. The number of nitrogens with zero attached hydrogens (tertiary/aromatic N) is 3. The Labute approximate surface area is 115 Å². The van der Waals surface area contributed by atoms with Crippen LogP contribution >= 0.6 is 11.8 Å². The fourth-order valence-electron chi connectivity index (χ4n) is 2.06. The van der Waals surface area contributed by atoms with Crippen molar-refractivity contribution in [2.45, 2.75) is 31.1 Å². The molecule has 0 bridgehead atoms. The highest BCUT2D eigenvalue weighted by molar-refractivity contribution is 7.98. The Balaban J connectivity index is 2.27. The molecule has 0 saturated carbocycles.